The summed E-state index contributed by atoms with van der Waals surface area (Å²) in [5, 5.41) is 0. The molecule has 76 valence electrons. The molecule has 2 nitrogen and oxygen atoms in total. The van der Waals surface area contributed by atoms with Crippen LogP contribution in [0.4, 0.5) is 0 Å². The Kier molecular flexibility index (Phi) is 4.70. The van der Waals surface area contributed by atoms with Gasteiger partial charge in [-0.05, 0) is 24.7 Å². The van der Waals surface area contributed by atoms with Gasteiger partial charge in [0.2, 0.25) is 0 Å². The number of pyridine rings is 1. The Morgan fingerprint density at radius 2 is 2.14 bits per heavy atom. The van der Waals surface area contributed by atoms with E-state index in [2.05, 4.69) is 36.1 Å². The van der Waals surface area contributed by atoms with Crippen LogP contribution in [0.1, 0.15) is 5.56 Å². The summed E-state index contributed by atoms with van der Waals surface area (Å²) in [5.41, 5.74) is 2.42. The molecule has 0 aliphatic heterocycles. The van der Waals surface area contributed by atoms with Crippen molar-refractivity contribution in [1.82, 2.24) is 9.88 Å². The lowest BCUT2D eigenvalue weighted by atomic mass is 10.2. The van der Waals surface area contributed by atoms with Crippen LogP contribution in [-0.2, 0) is 6.54 Å². The fraction of sp³-hybridized carbons (Fsp3) is 0.364. The predicted octanol–water partition coefficient (Wildman–Crippen LogP) is 2.00. The number of nitrogens with zero attached hydrogens (tertiary/aromatic N) is 2. The Labute approximate surface area is 91.1 Å². The quantitative estimate of drug-likeness (QED) is 0.588. The maximum atomic E-state index is 4.18. The molecule has 0 aromatic carbocycles. The standard InChI is InChI=1S/C11H16N2S/c1-10(9-14)7-13(2)8-11-3-5-12-6-4-11/h3-6,14H,1,7-9H2,2H3. The van der Waals surface area contributed by atoms with E-state index in [-0.39, 0.29) is 0 Å². The second-order valence-corrected chi connectivity index (χ2v) is 3.75. The molecule has 0 N–H and O–H groups in total. The zero-order valence-electron chi connectivity index (χ0n) is 8.48. The molecule has 1 rings (SSSR count). The van der Waals surface area contributed by atoms with E-state index in [0.717, 1.165) is 24.4 Å². The van der Waals surface area contributed by atoms with Gasteiger partial charge < -0.3 is 0 Å². The molecule has 0 saturated carbocycles. The van der Waals surface area contributed by atoms with E-state index in [1.807, 2.05) is 24.5 Å². The Morgan fingerprint density at radius 3 is 2.71 bits per heavy atom. The van der Waals surface area contributed by atoms with Gasteiger partial charge in [-0.25, -0.2) is 0 Å². The molecule has 0 aliphatic rings. The summed E-state index contributed by atoms with van der Waals surface area (Å²) in [7, 11) is 2.08. The molecule has 3 heteroatoms. The van der Waals surface area contributed by atoms with E-state index in [9.17, 15) is 0 Å². The van der Waals surface area contributed by atoms with Crippen LogP contribution in [0.3, 0.4) is 0 Å². The highest BCUT2D eigenvalue weighted by Gasteiger charge is 2.00. The molecule has 0 unspecified atom stereocenters. The van der Waals surface area contributed by atoms with Gasteiger partial charge >= 0.3 is 0 Å². The minimum absolute atomic E-state index is 0.751. The third-order valence-electron chi connectivity index (χ3n) is 1.92. The number of thiol groups is 1. The van der Waals surface area contributed by atoms with Crippen molar-refractivity contribution in [2.45, 2.75) is 6.54 Å². The summed E-state index contributed by atoms with van der Waals surface area (Å²) < 4.78 is 0. The molecule has 1 heterocycles. The van der Waals surface area contributed by atoms with Crippen LogP contribution in [0.5, 0.6) is 0 Å². The monoisotopic (exact) mass is 208 g/mol. The van der Waals surface area contributed by atoms with Crippen LogP contribution >= 0.6 is 12.6 Å². The topological polar surface area (TPSA) is 16.1 Å². The van der Waals surface area contributed by atoms with E-state index in [0.29, 0.717) is 0 Å². The van der Waals surface area contributed by atoms with E-state index < -0.39 is 0 Å². The molecule has 0 aliphatic carbocycles. The molecule has 0 radical (unpaired) electrons. The largest absolute Gasteiger partial charge is 0.298 e. The zero-order valence-corrected chi connectivity index (χ0v) is 9.37. The highest BCUT2D eigenvalue weighted by atomic mass is 32.1. The summed E-state index contributed by atoms with van der Waals surface area (Å²) in [4.78, 5) is 6.20. The number of aromatic nitrogens is 1. The first-order valence-corrected chi connectivity index (χ1v) is 5.20. The van der Waals surface area contributed by atoms with Crippen LogP contribution < -0.4 is 0 Å². The SMILES string of the molecule is C=C(CS)CN(C)Cc1ccncc1. The van der Waals surface area contributed by atoms with Crippen molar-refractivity contribution in [2.24, 2.45) is 0 Å². The molecule has 0 spiro atoms. The summed E-state index contributed by atoms with van der Waals surface area (Å²) in [5.74, 6) is 0.751. The molecule has 1 aromatic heterocycles. The van der Waals surface area contributed by atoms with Gasteiger partial charge in [0.25, 0.3) is 0 Å². The van der Waals surface area contributed by atoms with Gasteiger partial charge in [0.1, 0.15) is 0 Å². The minimum atomic E-state index is 0.751. The summed E-state index contributed by atoms with van der Waals surface area (Å²) in [6, 6.07) is 4.06. The first kappa shape index (κ1) is 11.3. The van der Waals surface area contributed by atoms with Gasteiger partial charge in [0, 0.05) is 31.2 Å². The van der Waals surface area contributed by atoms with Gasteiger partial charge in [0.15, 0.2) is 0 Å². The molecule has 0 saturated heterocycles. The first-order chi connectivity index (χ1) is 6.72. The van der Waals surface area contributed by atoms with Crippen molar-refractivity contribution < 1.29 is 0 Å². The zero-order chi connectivity index (χ0) is 10.4. The van der Waals surface area contributed by atoms with Crippen molar-refractivity contribution in [3.63, 3.8) is 0 Å². The number of hydrogen-bond donors (Lipinski definition) is 1. The molecular formula is C11H16N2S. The van der Waals surface area contributed by atoms with Crippen molar-refractivity contribution in [2.75, 3.05) is 19.3 Å². The van der Waals surface area contributed by atoms with Crippen LogP contribution in [0.2, 0.25) is 0 Å². The van der Waals surface area contributed by atoms with E-state index >= 15 is 0 Å². The van der Waals surface area contributed by atoms with Crippen molar-refractivity contribution in [3.05, 3.63) is 42.2 Å². The first-order valence-electron chi connectivity index (χ1n) is 4.57. The normalized spacial score (nSPS) is 10.5. The molecule has 14 heavy (non-hydrogen) atoms. The Balaban J connectivity index is 2.41. The third kappa shape index (κ3) is 3.94. The fourth-order valence-electron chi connectivity index (χ4n) is 1.29. The number of likely N-dealkylation sites (N-methyl/N-ethyl adjacent to an activating group) is 1. The lowest BCUT2D eigenvalue weighted by molar-refractivity contribution is 0.356. The van der Waals surface area contributed by atoms with Crippen LogP contribution in [0.25, 0.3) is 0 Å². The molecule has 0 atom stereocenters. The lowest BCUT2D eigenvalue weighted by Crippen LogP contribution is -2.20. The second kappa shape index (κ2) is 5.83. The summed E-state index contributed by atoms with van der Waals surface area (Å²) in [6.45, 7) is 5.74. The molecule has 1 aromatic rings. The van der Waals surface area contributed by atoms with Gasteiger partial charge in [0.05, 0.1) is 0 Å². The predicted molar refractivity (Wildman–Crippen MR) is 63.6 cm³/mol. The van der Waals surface area contributed by atoms with Crippen molar-refractivity contribution in [3.8, 4) is 0 Å². The summed E-state index contributed by atoms with van der Waals surface area (Å²) in [6.07, 6.45) is 3.63. The van der Waals surface area contributed by atoms with Crippen LogP contribution in [0, 0.1) is 0 Å². The average Bonchev–Trinajstić information content (AvgIpc) is 2.19. The second-order valence-electron chi connectivity index (χ2n) is 3.44. The molecule has 0 fully saturated rings. The van der Waals surface area contributed by atoms with Gasteiger partial charge in [-0.2, -0.15) is 12.6 Å². The number of rotatable bonds is 5. The maximum absolute atomic E-state index is 4.18. The Hall–Kier alpha value is -0.800. The average molecular weight is 208 g/mol. The third-order valence-corrected chi connectivity index (χ3v) is 2.37. The van der Waals surface area contributed by atoms with Crippen LogP contribution in [0.15, 0.2) is 36.7 Å². The fourth-order valence-corrected chi connectivity index (χ4v) is 1.39. The number of hydrogen-bond acceptors (Lipinski definition) is 3. The molecule has 0 bridgehead atoms. The molecular weight excluding hydrogens is 192 g/mol. The highest BCUT2D eigenvalue weighted by Crippen LogP contribution is 2.03. The Bertz CT molecular complexity index is 285. The smallest absolute Gasteiger partial charge is 0.0271 e. The summed E-state index contributed by atoms with van der Waals surface area (Å²) >= 11 is 4.18. The highest BCUT2D eigenvalue weighted by molar-refractivity contribution is 7.80. The van der Waals surface area contributed by atoms with E-state index in [4.69, 9.17) is 0 Å². The van der Waals surface area contributed by atoms with Crippen molar-refractivity contribution >= 4 is 12.6 Å². The van der Waals surface area contributed by atoms with Gasteiger partial charge in [-0.1, -0.05) is 12.2 Å². The Morgan fingerprint density at radius 1 is 1.50 bits per heavy atom. The molecule has 0 amide bonds. The van der Waals surface area contributed by atoms with E-state index in [1.165, 1.54) is 5.56 Å². The van der Waals surface area contributed by atoms with Crippen LogP contribution in [-0.4, -0.2) is 29.2 Å². The minimum Gasteiger partial charge on any atom is -0.298 e. The van der Waals surface area contributed by atoms with Gasteiger partial charge in [-0.15, -0.1) is 0 Å². The van der Waals surface area contributed by atoms with Gasteiger partial charge in [-0.3, -0.25) is 9.88 Å². The lowest BCUT2D eigenvalue weighted by Gasteiger charge is -2.17. The van der Waals surface area contributed by atoms with E-state index in [1.54, 1.807) is 0 Å². The maximum Gasteiger partial charge on any atom is 0.0271 e. The van der Waals surface area contributed by atoms with Crippen molar-refractivity contribution in [1.29, 1.82) is 0 Å².